The van der Waals surface area contributed by atoms with E-state index in [0.717, 1.165) is 0 Å². The standard InChI is InChI=1S/C15H12N4O2/c20-13-8-4-1-5-10(13)9-16-19-14-15(21)18-12-7-3-2-6-11(12)17-14/h1-9,20H,(H,17,19)(H,18,21)/b16-9+. The minimum absolute atomic E-state index is 0.0976. The van der Waals surface area contributed by atoms with Gasteiger partial charge in [-0.2, -0.15) is 5.10 Å². The van der Waals surface area contributed by atoms with Gasteiger partial charge in [-0.25, -0.2) is 4.98 Å². The molecule has 1 aromatic heterocycles. The first-order valence-electron chi connectivity index (χ1n) is 6.30. The average Bonchev–Trinajstić information content (AvgIpc) is 2.49. The third-order valence-corrected chi connectivity index (χ3v) is 2.91. The van der Waals surface area contributed by atoms with Gasteiger partial charge in [-0.05, 0) is 24.3 Å². The van der Waals surface area contributed by atoms with Crippen LogP contribution in [0.15, 0.2) is 58.4 Å². The van der Waals surface area contributed by atoms with Crippen molar-refractivity contribution in [2.75, 3.05) is 5.43 Å². The molecule has 6 nitrogen and oxygen atoms in total. The summed E-state index contributed by atoms with van der Waals surface area (Å²) in [6.07, 6.45) is 1.42. The van der Waals surface area contributed by atoms with E-state index in [1.54, 1.807) is 36.4 Å². The molecule has 0 spiro atoms. The van der Waals surface area contributed by atoms with Crippen molar-refractivity contribution in [3.63, 3.8) is 0 Å². The molecule has 0 saturated heterocycles. The van der Waals surface area contributed by atoms with Crippen molar-refractivity contribution < 1.29 is 5.11 Å². The number of nitrogens with one attached hydrogen (secondary N) is 2. The van der Waals surface area contributed by atoms with Crippen molar-refractivity contribution in [1.82, 2.24) is 9.97 Å². The highest BCUT2D eigenvalue weighted by atomic mass is 16.3. The van der Waals surface area contributed by atoms with Crippen molar-refractivity contribution in [1.29, 1.82) is 0 Å². The van der Waals surface area contributed by atoms with Crippen molar-refractivity contribution in [2.45, 2.75) is 0 Å². The maximum atomic E-state index is 11.8. The number of phenolic OH excluding ortho intramolecular Hbond substituents is 1. The first-order chi connectivity index (χ1) is 10.2. The lowest BCUT2D eigenvalue weighted by Crippen LogP contribution is -2.13. The number of benzene rings is 2. The summed E-state index contributed by atoms with van der Waals surface area (Å²) in [6.45, 7) is 0. The van der Waals surface area contributed by atoms with Crippen LogP contribution in [-0.2, 0) is 0 Å². The maximum absolute atomic E-state index is 11.8. The second kappa shape index (κ2) is 5.46. The molecule has 3 N–H and O–H groups in total. The van der Waals surface area contributed by atoms with Gasteiger partial charge in [0.1, 0.15) is 5.75 Å². The molecule has 0 bridgehead atoms. The molecule has 6 heteroatoms. The summed E-state index contributed by atoms with van der Waals surface area (Å²) in [7, 11) is 0. The number of hydrogen-bond acceptors (Lipinski definition) is 5. The summed E-state index contributed by atoms with van der Waals surface area (Å²) in [5, 5.41) is 13.5. The Balaban J connectivity index is 1.87. The smallest absolute Gasteiger partial charge is 0.293 e. The van der Waals surface area contributed by atoms with Gasteiger partial charge in [0.15, 0.2) is 0 Å². The summed E-state index contributed by atoms with van der Waals surface area (Å²) in [4.78, 5) is 18.8. The number of hydrogen-bond donors (Lipinski definition) is 3. The van der Waals surface area contributed by atoms with Gasteiger partial charge >= 0.3 is 0 Å². The second-order valence-corrected chi connectivity index (χ2v) is 4.36. The molecule has 104 valence electrons. The van der Waals surface area contributed by atoms with Crippen LogP contribution in [0.4, 0.5) is 5.82 Å². The Morgan fingerprint density at radius 1 is 1.14 bits per heavy atom. The van der Waals surface area contributed by atoms with Gasteiger partial charge in [0, 0.05) is 5.56 Å². The van der Waals surface area contributed by atoms with Crippen LogP contribution in [-0.4, -0.2) is 21.3 Å². The Kier molecular flexibility index (Phi) is 3.34. The van der Waals surface area contributed by atoms with Crippen molar-refractivity contribution in [3.8, 4) is 5.75 Å². The second-order valence-electron chi connectivity index (χ2n) is 4.36. The van der Waals surface area contributed by atoms with Gasteiger partial charge in [-0.1, -0.05) is 24.3 Å². The quantitative estimate of drug-likeness (QED) is 0.506. The molecule has 0 fully saturated rings. The van der Waals surface area contributed by atoms with Crippen LogP contribution >= 0.6 is 0 Å². The van der Waals surface area contributed by atoms with Crippen LogP contribution in [0, 0.1) is 0 Å². The van der Waals surface area contributed by atoms with Crippen molar-refractivity contribution in [3.05, 3.63) is 64.4 Å². The molecule has 0 aliphatic rings. The number of anilines is 1. The van der Waals surface area contributed by atoms with Crippen LogP contribution < -0.4 is 11.0 Å². The maximum Gasteiger partial charge on any atom is 0.293 e. The molecule has 0 atom stereocenters. The summed E-state index contributed by atoms with van der Waals surface area (Å²) in [5.41, 5.74) is 4.10. The van der Waals surface area contributed by atoms with Crippen LogP contribution in [0.25, 0.3) is 11.0 Å². The zero-order valence-corrected chi connectivity index (χ0v) is 10.9. The fraction of sp³-hybridized carbons (Fsp3) is 0. The van der Waals surface area contributed by atoms with Gasteiger partial charge in [0.05, 0.1) is 17.2 Å². The molecule has 0 aliphatic heterocycles. The van der Waals surface area contributed by atoms with Crippen LogP contribution in [0.2, 0.25) is 0 Å². The van der Waals surface area contributed by atoms with E-state index in [9.17, 15) is 9.90 Å². The van der Waals surface area contributed by atoms with Crippen molar-refractivity contribution >= 4 is 23.1 Å². The van der Waals surface area contributed by atoms with E-state index in [4.69, 9.17) is 0 Å². The zero-order chi connectivity index (χ0) is 14.7. The molecule has 0 amide bonds. The highest BCUT2D eigenvalue weighted by molar-refractivity contribution is 5.83. The van der Waals surface area contributed by atoms with Gasteiger partial charge in [-0.3, -0.25) is 10.2 Å². The molecule has 0 radical (unpaired) electrons. The Labute approximate surface area is 119 Å². The normalized spacial score (nSPS) is 11.0. The lowest BCUT2D eigenvalue weighted by molar-refractivity contribution is 0.474. The monoisotopic (exact) mass is 280 g/mol. The molecule has 0 unspecified atom stereocenters. The first kappa shape index (κ1) is 12.9. The minimum atomic E-state index is -0.358. The highest BCUT2D eigenvalue weighted by Crippen LogP contribution is 2.13. The van der Waals surface area contributed by atoms with E-state index < -0.39 is 0 Å². The van der Waals surface area contributed by atoms with E-state index >= 15 is 0 Å². The van der Waals surface area contributed by atoms with Crippen LogP contribution in [0.5, 0.6) is 5.75 Å². The number of H-pyrrole nitrogens is 1. The topological polar surface area (TPSA) is 90.4 Å². The van der Waals surface area contributed by atoms with E-state index in [1.807, 2.05) is 12.1 Å². The molecule has 3 aromatic rings. The first-order valence-corrected chi connectivity index (χ1v) is 6.30. The Bertz CT molecular complexity index is 871. The Morgan fingerprint density at radius 2 is 1.90 bits per heavy atom. The number of rotatable bonds is 3. The zero-order valence-electron chi connectivity index (χ0n) is 10.9. The van der Waals surface area contributed by atoms with Gasteiger partial charge < -0.3 is 10.1 Å². The number of nitrogens with zero attached hydrogens (tertiary/aromatic N) is 2. The highest BCUT2D eigenvalue weighted by Gasteiger charge is 2.02. The Hall–Kier alpha value is -3.15. The third-order valence-electron chi connectivity index (χ3n) is 2.91. The number of para-hydroxylation sites is 3. The molecule has 0 aliphatic carbocycles. The van der Waals surface area contributed by atoms with E-state index in [-0.39, 0.29) is 17.1 Å². The molecular formula is C15H12N4O2. The summed E-state index contributed by atoms with van der Waals surface area (Å²) in [5.74, 6) is 0.212. The summed E-state index contributed by atoms with van der Waals surface area (Å²) < 4.78 is 0. The molecule has 1 heterocycles. The molecular weight excluding hydrogens is 268 g/mol. The number of aromatic amines is 1. The number of aromatic nitrogens is 2. The summed E-state index contributed by atoms with van der Waals surface area (Å²) in [6, 6.07) is 14.0. The van der Waals surface area contributed by atoms with Gasteiger partial charge in [0.2, 0.25) is 5.82 Å². The number of fused-ring (bicyclic) bond motifs is 1. The fourth-order valence-electron chi connectivity index (χ4n) is 1.87. The number of phenols is 1. The number of hydrazone groups is 1. The summed E-state index contributed by atoms with van der Waals surface area (Å²) >= 11 is 0. The largest absolute Gasteiger partial charge is 0.507 e. The SMILES string of the molecule is O=c1[nH]c2ccccc2nc1N/N=C/c1ccccc1O. The van der Waals surface area contributed by atoms with E-state index in [1.165, 1.54) is 6.21 Å². The van der Waals surface area contributed by atoms with Crippen LogP contribution in [0.3, 0.4) is 0 Å². The molecule has 2 aromatic carbocycles. The average molecular weight is 280 g/mol. The van der Waals surface area contributed by atoms with Crippen molar-refractivity contribution in [2.24, 2.45) is 5.10 Å². The third kappa shape index (κ3) is 2.74. The van der Waals surface area contributed by atoms with E-state index in [2.05, 4.69) is 20.5 Å². The fourth-order valence-corrected chi connectivity index (χ4v) is 1.87. The minimum Gasteiger partial charge on any atom is -0.507 e. The lowest BCUT2D eigenvalue weighted by atomic mass is 10.2. The number of aromatic hydroxyl groups is 1. The van der Waals surface area contributed by atoms with Crippen LogP contribution in [0.1, 0.15) is 5.56 Å². The molecule has 0 saturated carbocycles. The van der Waals surface area contributed by atoms with Gasteiger partial charge in [-0.15, -0.1) is 0 Å². The molecule has 21 heavy (non-hydrogen) atoms. The van der Waals surface area contributed by atoms with E-state index in [0.29, 0.717) is 16.6 Å². The predicted molar refractivity (Wildman–Crippen MR) is 81.7 cm³/mol. The molecule has 3 rings (SSSR count). The lowest BCUT2D eigenvalue weighted by Gasteiger charge is -2.01. The Morgan fingerprint density at radius 3 is 2.76 bits per heavy atom. The van der Waals surface area contributed by atoms with Gasteiger partial charge in [0.25, 0.3) is 5.56 Å². The predicted octanol–water partition coefficient (Wildman–Crippen LogP) is 2.07.